The molecule has 0 radical (unpaired) electrons. The SMILES string of the molecule is CCCC(OC)c1noc(-c2cccc(C(=O)O)c2)n1. The van der Waals surface area contributed by atoms with Gasteiger partial charge in [0.05, 0.1) is 5.56 Å². The lowest BCUT2D eigenvalue weighted by molar-refractivity contribution is 0.0697. The second-order valence-corrected chi connectivity index (χ2v) is 4.36. The van der Waals surface area contributed by atoms with Crippen LogP contribution in [0.25, 0.3) is 11.5 Å². The molecule has 0 spiro atoms. The summed E-state index contributed by atoms with van der Waals surface area (Å²) in [5, 5.41) is 12.9. The van der Waals surface area contributed by atoms with Crippen molar-refractivity contribution in [2.75, 3.05) is 7.11 Å². The second kappa shape index (κ2) is 6.29. The molecule has 1 heterocycles. The Morgan fingerprint density at radius 1 is 1.50 bits per heavy atom. The van der Waals surface area contributed by atoms with Gasteiger partial charge in [-0.2, -0.15) is 4.98 Å². The van der Waals surface area contributed by atoms with E-state index in [1.165, 1.54) is 12.1 Å². The van der Waals surface area contributed by atoms with Crippen LogP contribution in [0.3, 0.4) is 0 Å². The van der Waals surface area contributed by atoms with Gasteiger partial charge < -0.3 is 14.4 Å². The first-order valence-electron chi connectivity index (χ1n) is 6.35. The molecular weight excluding hydrogens is 260 g/mol. The van der Waals surface area contributed by atoms with Gasteiger partial charge in [0.1, 0.15) is 6.10 Å². The largest absolute Gasteiger partial charge is 0.478 e. The van der Waals surface area contributed by atoms with Crippen LogP contribution < -0.4 is 0 Å². The summed E-state index contributed by atoms with van der Waals surface area (Å²) in [5.74, 6) is -0.223. The fourth-order valence-electron chi connectivity index (χ4n) is 1.88. The molecule has 20 heavy (non-hydrogen) atoms. The molecule has 0 aliphatic rings. The molecule has 0 fully saturated rings. The average molecular weight is 276 g/mol. The highest BCUT2D eigenvalue weighted by Gasteiger charge is 2.18. The summed E-state index contributed by atoms with van der Waals surface area (Å²) in [6.45, 7) is 2.04. The third-order valence-electron chi connectivity index (χ3n) is 2.92. The number of carbonyl (C=O) groups is 1. The molecule has 0 saturated carbocycles. The van der Waals surface area contributed by atoms with Crippen molar-refractivity contribution in [2.45, 2.75) is 25.9 Å². The summed E-state index contributed by atoms with van der Waals surface area (Å²) < 4.78 is 10.5. The monoisotopic (exact) mass is 276 g/mol. The molecule has 2 aromatic rings. The molecule has 0 bridgehead atoms. The second-order valence-electron chi connectivity index (χ2n) is 4.36. The molecule has 6 heteroatoms. The maximum atomic E-state index is 10.9. The maximum absolute atomic E-state index is 10.9. The van der Waals surface area contributed by atoms with E-state index < -0.39 is 5.97 Å². The van der Waals surface area contributed by atoms with Crippen LogP contribution in [0, 0.1) is 0 Å². The van der Waals surface area contributed by atoms with Crippen LogP contribution in [-0.4, -0.2) is 28.3 Å². The Bertz CT molecular complexity index is 594. The van der Waals surface area contributed by atoms with Crippen molar-refractivity contribution in [2.24, 2.45) is 0 Å². The molecule has 1 aromatic heterocycles. The fourth-order valence-corrected chi connectivity index (χ4v) is 1.88. The van der Waals surface area contributed by atoms with Gasteiger partial charge in [0.2, 0.25) is 5.82 Å². The summed E-state index contributed by atoms with van der Waals surface area (Å²) in [6.07, 6.45) is 1.53. The number of carboxylic acid groups (broad SMARTS) is 1. The third-order valence-corrected chi connectivity index (χ3v) is 2.92. The topological polar surface area (TPSA) is 85.5 Å². The van der Waals surface area contributed by atoms with Crippen LogP contribution in [0.4, 0.5) is 0 Å². The van der Waals surface area contributed by atoms with Gasteiger partial charge in [-0.1, -0.05) is 24.6 Å². The van der Waals surface area contributed by atoms with Crippen molar-refractivity contribution < 1.29 is 19.2 Å². The lowest BCUT2D eigenvalue weighted by Gasteiger charge is -2.08. The smallest absolute Gasteiger partial charge is 0.335 e. The Morgan fingerprint density at radius 2 is 2.30 bits per heavy atom. The van der Waals surface area contributed by atoms with Gasteiger partial charge in [0.25, 0.3) is 5.89 Å². The predicted molar refractivity (Wildman–Crippen MR) is 71.4 cm³/mol. The van der Waals surface area contributed by atoms with Gasteiger partial charge in [0, 0.05) is 12.7 Å². The molecule has 1 unspecified atom stereocenters. The van der Waals surface area contributed by atoms with Crippen LogP contribution in [0.1, 0.15) is 42.1 Å². The minimum Gasteiger partial charge on any atom is -0.478 e. The molecule has 106 valence electrons. The first-order valence-corrected chi connectivity index (χ1v) is 6.35. The number of hydrogen-bond donors (Lipinski definition) is 1. The van der Waals surface area contributed by atoms with Crippen molar-refractivity contribution >= 4 is 5.97 Å². The van der Waals surface area contributed by atoms with Gasteiger partial charge in [-0.05, 0) is 24.6 Å². The third kappa shape index (κ3) is 3.03. The molecule has 0 amide bonds. The first kappa shape index (κ1) is 14.2. The van der Waals surface area contributed by atoms with E-state index in [0.29, 0.717) is 17.3 Å². The van der Waals surface area contributed by atoms with E-state index >= 15 is 0 Å². The normalized spacial score (nSPS) is 12.3. The molecular formula is C14H16N2O4. The first-order chi connectivity index (χ1) is 9.65. The van der Waals surface area contributed by atoms with Crippen LogP contribution in [0.2, 0.25) is 0 Å². The maximum Gasteiger partial charge on any atom is 0.335 e. The van der Waals surface area contributed by atoms with Crippen molar-refractivity contribution in [1.29, 1.82) is 0 Å². The highest BCUT2D eigenvalue weighted by molar-refractivity contribution is 5.88. The number of hydrogen-bond acceptors (Lipinski definition) is 5. The minimum absolute atomic E-state index is 0.180. The number of aromatic carboxylic acids is 1. The molecule has 1 atom stereocenters. The summed E-state index contributed by atoms with van der Waals surface area (Å²) in [6, 6.07) is 6.38. The van der Waals surface area contributed by atoms with E-state index in [0.717, 1.165) is 12.8 Å². The van der Waals surface area contributed by atoms with E-state index in [1.807, 2.05) is 6.92 Å². The Hall–Kier alpha value is -2.21. The zero-order chi connectivity index (χ0) is 14.5. The number of methoxy groups -OCH3 is 1. The van der Waals surface area contributed by atoms with Crippen LogP contribution >= 0.6 is 0 Å². The number of carboxylic acids is 1. The number of ether oxygens (including phenoxy) is 1. The lowest BCUT2D eigenvalue weighted by Crippen LogP contribution is -2.03. The lowest BCUT2D eigenvalue weighted by atomic mass is 10.1. The van der Waals surface area contributed by atoms with Gasteiger partial charge >= 0.3 is 5.97 Å². The fraction of sp³-hybridized carbons (Fsp3) is 0.357. The standard InChI is InChI=1S/C14H16N2O4/c1-3-5-11(19-2)12-15-13(20-16-12)9-6-4-7-10(8-9)14(17)18/h4,6-8,11H,3,5H2,1-2H3,(H,17,18). The van der Waals surface area contributed by atoms with Crippen molar-refractivity contribution in [3.05, 3.63) is 35.7 Å². The summed E-state index contributed by atoms with van der Waals surface area (Å²) in [4.78, 5) is 15.2. The average Bonchev–Trinajstić information content (AvgIpc) is 2.94. The zero-order valence-corrected chi connectivity index (χ0v) is 11.4. The van der Waals surface area contributed by atoms with Gasteiger partial charge in [-0.15, -0.1) is 0 Å². The number of benzene rings is 1. The molecule has 6 nitrogen and oxygen atoms in total. The number of nitrogens with zero attached hydrogens (tertiary/aromatic N) is 2. The van der Waals surface area contributed by atoms with E-state index in [-0.39, 0.29) is 11.7 Å². The molecule has 0 aliphatic heterocycles. The van der Waals surface area contributed by atoms with Gasteiger partial charge in [-0.3, -0.25) is 0 Å². The summed E-state index contributed by atoms with van der Waals surface area (Å²) in [7, 11) is 1.60. The molecule has 2 rings (SSSR count). The van der Waals surface area contributed by atoms with Crippen molar-refractivity contribution in [3.63, 3.8) is 0 Å². The van der Waals surface area contributed by atoms with Crippen LogP contribution in [0.5, 0.6) is 0 Å². The van der Waals surface area contributed by atoms with E-state index in [4.69, 9.17) is 14.4 Å². The van der Waals surface area contributed by atoms with E-state index in [2.05, 4.69) is 10.1 Å². The van der Waals surface area contributed by atoms with Crippen molar-refractivity contribution in [3.8, 4) is 11.5 Å². The Labute approximate surface area is 116 Å². The van der Waals surface area contributed by atoms with Crippen molar-refractivity contribution in [1.82, 2.24) is 10.1 Å². The molecule has 1 aromatic carbocycles. The summed E-state index contributed by atoms with van der Waals surface area (Å²) >= 11 is 0. The quantitative estimate of drug-likeness (QED) is 0.873. The molecule has 1 N–H and O–H groups in total. The highest BCUT2D eigenvalue weighted by atomic mass is 16.5. The van der Waals surface area contributed by atoms with Gasteiger partial charge in [-0.25, -0.2) is 4.79 Å². The predicted octanol–water partition coefficient (Wildman–Crippen LogP) is 2.92. The Balaban J connectivity index is 2.28. The Morgan fingerprint density at radius 3 is 2.95 bits per heavy atom. The molecule has 0 saturated heterocycles. The van der Waals surface area contributed by atoms with E-state index in [9.17, 15) is 4.79 Å². The van der Waals surface area contributed by atoms with Crippen LogP contribution in [-0.2, 0) is 4.74 Å². The molecule has 0 aliphatic carbocycles. The highest BCUT2D eigenvalue weighted by Crippen LogP contribution is 2.24. The number of aromatic nitrogens is 2. The van der Waals surface area contributed by atoms with Crippen LogP contribution in [0.15, 0.2) is 28.8 Å². The minimum atomic E-state index is -0.993. The zero-order valence-electron chi connectivity index (χ0n) is 11.4. The Kier molecular flexibility index (Phi) is 4.47. The summed E-state index contributed by atoms with van der Waals surface area (Å²) in [5.41, 5.74) is 0.758. The van der Waals surface area contributed by atoms with E-state index in [1.54, 1.807) is 19.2 Å². The van der Waals surface area contributed by atoms with Gasteiger partial charge in [0.15, 0.2) is 0 Å². The number of rotatable bonds is 6.